The quantitative estimate of drug-likeness (QED) is 0.612. The van der Waals surface area contributed by atoms with Gasteiger partial charge in [0, 0.05) is 43.4 Å². The van der Waals surface area contributed by atoms with E-state index in [4.69, 9.17) is 19.3 Å². The van der Waals surface area contributed by atoms with Crippen LogP contribution < -0.4 is 4.74 Å². The predicted octanol–water partition coefficient (Wildman–Crippen LogP) is 4.35. The van der Waals surface area contributed by atoms with Crippen molar-refractivity contribution in [2.45, 2.75) is 51.3 Å². The average Bonchev–Trinajstić information content (AvgIpc) is 3.38. The molecule has 2 aromatic heterocycles. The second kappa shape index (κ2) is 8.16. The maximum atomic E-state index is 6.03. The molecular weight excluding hydrogens is 368 g/mol. The Morgan fingerprint density at radius 1 is 1.03 bits per heavy atom. The fourth-order valence-corrected chi connectivity index (χ4v) is 4.10. The number of nitrogens with zero attached hydrogens (tertiary/aromatic N) is 4. The molecule has 2 aliphatic rings. The van der Waals surface area contributed by atoms with Crippen LogP contribution >= 0.6 is 0 Å². The second-order valence-electron chi connectivity index (χ2n) is 7.95. The molecule has 1 saturated heterocycles. The highest BCUT2D eigenvalue weighted by atomic mass is 16.5. The zero-order valence-corrected chi connectivity index (χ0v) is 16.9. The van der Waals surface area contributed by atoms with Gasteiger partial charge >= 0.3 is 0 Å². The van der Waals surface area contributed by atoms with Gasteiger partial charge in [0.05, 0.1) is 24.4 Å². The van der Waals surface area contributed by atoms with E-state index in [0.717, 1.165) is 66.8 Å². The third-order valence-electron chi connectivity index (χ3n) is 5.81. The summed E-state index contributed by atoms with van der Waals surface area (Å²) in [5.74, 6) is 0.860. The maximum Gasteiger partial charge on any atom is 0.150 e. The molecule has 2 atom stereocenters. The van der Waals surface area contributed by atoms with Crippen molar-refractivity contribution in [3.63, 3.8) is 0 Å². The molecule has 7 heteroatoms. The van der Waals surface area contributed by atoms with Crippen LogP contribution in [0.1, 0.15) is 51.3 Å². The molecule has 7 nitrogen and oxygen atoms in total. The number of hydrogen-bond donors (Lipinski definition) is 0. The third-order valence-corrected chi connectivity index (χ3v) is 5.81. The molecule has 154 valence electrons. The minimum atomic E-state index is -0.0107. The van der Waals surface area contributed by atoms with Crippen LogP contribution in [0.15, 0.2) is 30.6 Å². The topological polar surface area (TPSA) is 63.3 Å². The van der Waals surface area contributed by atoms with Crippen LogP contribution in [0.2, 0.25) is 0 Å². The molecule has 3 aromatic rings. The molecule has 2 aliphatic heterocycles. The van der Waals surface area contributed by atoms with E-state index >= 15 is 0 Å². The first-order valence-corrected chi connectivity index (χ1v) is 10.7. The Bertz CT molecular complexity index is 974. The molecule has 0 aliphatic carbocycles. The van der Waals surface area contributed by atoms with Gasteiger partial charge in [0.15, 0.2) is 6.23 Å². The van der Waals surface area contributed by atoms with Crippen LogP contribution in [0, 0.1) is 0 Å². The fraction of sp³-hybridized carbons (Fsp3) is 0.545. The summed E-state index contributed by atoms with van der Waals surface area (Å²) in [6, 6.07) is 6.49. The molecule has 4 bridgehead atoms. The third kappa shape index (κ3) is 3.76. The van der Waals surface area contributed by atoms with E-state index < -0.39 is 0 Å². The van der Waals surface area contributed by atoms with Gasteiger partial charge in [-0.05, 0) is 50.8 Å². The van der Waals surface area contributed by atoms with Crippen LogP contribution in [0.5, 0.6) is 5.75 Å². The summed E-state index contributed by atoms with van der Waals surface area (Å²) in [7, 11) is 0. The Morgan fingerprint density at radius 2 is 2.00 bits per heavy atom. The minimum absolute atomic E-state index is 0.0107. The van der Waals surface area contributed by atoms with Gasteiger partial charge < -0.3 is 14.2 Å². The van der Waals surface area contributed by atoms with Gasteiger partial charge in [0.25, 0.3) is 0 Å². The van der Waals surface area contributed by atoms with Crippen molar-refractivity contribution in [2.24, 2.45) is 0 Å². The van der Waals surface area contributed by atoms with E-state index in [1.54, 1.807) is 0 Å². The molecule has 0 saturated carbocycles. The smallest absolute Gasteiger partial charge is 0.150 e. The number of benzene rings is 1. The molecule has 0 radical (unpaired) electrons. The second-order valence-corrected chi connectivity index (χ2v) is 7.95. The molecule has 1 aromatic carbocycles. The summed E-state index contributed by atoms with van der Waals surface area (Å²) >= 11 is 0. The molecule has 29 heavy (non-hydrogen) atoms. The highest BCUT2D eigenvalue weighted by Crippen LogP contribution is 2.35. The number of rotatable bonds is 1. The van der Waals surface area contributed by atoms with Crippen molar-refractivity contribution in [2.75, 3.05) is 26.4 Å². The summed E-state index contributed by atoms with van der Waals surface area (Å²) < 4.78 is 21.8. The lowest BCUT2D eigenvalue weighted by Crippen LogP contribution is -2.19. The summed E-state index contributed by atoms with van der Waals surface area (Å²) in [4.78, 5) is 0. The monoisotopic (exact) mass is 396 g/mol. The van der Waals surface area contributed by atoms with Gasteiger partial charge in [-0.25, -0.2) is 4.68 Å². The number of hydrogen-bond acceptors (Lipinski definition) is 5. The summed E-state index contributed by atoms with van der Waals surface area (Å²) in [5, 5.41) is 10.7. The largest absolute Gasteiger partial charge is 0.493 e. The molecule has 1 unspecified atom stereocenters. The lowest BCUT2D eigenvalue weighted by atomic mass is 10.1. The SMILES string of the molecule is C[C@H]1CCOCCCOc2ccc3c(c2)c(nn3C2CCCCO2)-c2cnn1c2. The molecule has 0 N–H and O–H groups in total. The fourth-order valence-electron chi connectivity index (χ4n) is 4.10. The lowest BCUT2D eigenvalue weighted by Gasteiger charge is -2.23. The van der Waals surface area contributed by atoms with Gasteiger partial charge in [0.2, 0.25) is 0 Å². The van der Waals surface area contributed by atoms with E-state index in [2.05, 4.69) is 30.4 Å². The molecule has 0 spiro atoms. The molecule has 1 fully saturated rings. The van der Waals surface area contributed by atoms with Crippen LogP contribution in [-0.2, 0) is 9.47 Å². The van der Waals surface area contributed by atoms with Crippen LogP contribution in [0.4, 0.5) is 0 Å². The van der Waals surface area contributed by atoms with Gasteiger partial charge in [-0.3, -0.25) is 4.68 Å². The maximum absolute atomic E-state index is 6.03. The number of aromatic nitrogens is 4. The normalized spacial score (nSPS) is 23.5. The molecule has 4 heterocycles. The van der Waals surface area contributed by atoms with E-state index in [9.17, 15) is 0 Å². The highest BCUT2D eigenvalue weighted by molar-refractivity contribution is 5.94. The van der Waals surface area contributed by atoms with Crippen molar-refractivity contribution < 1.29 is 14.2 Å². The van der Waals surface area contributed by atoms with E-state index in [0.29, 0.717) is 13.2 Å². The Balaban J connectivity index is 1.60. The van der Waals surface area contributed by atoms with Crippen LogP contribution in [0.25, 0.3) is 22.2 Å². The van der Waals surface area contributed by atoms with Crippen molar-refractivity contribution >= 4 is 10.9 Å². The zero-order chi connectivity index (χ0) is 19.6. The minimum Gasteiger partial charge on any atom is -0.493 e. The van der Waals surface area contributed by atoms with Crippen molar-refractivity contribution in [1.82, 2.24) is 19.6 Å². The van der Waals surface area contributed by atoms with Crippen molar-refractivity contribution in [3.8, 4) is 17.0 Å². The summed E-state index contributed by atoms with van der Waals surface area (Å²) in [6.45, 7) is 5.04. The lowest BCUT2D eigenvalue weighted by molar-refractivity contribution is -0.0365. The first-order chi connectivity index (χ1) is 14.3. The Morgan fingerprint density at radius 3 is 2.90 bits per heavy atom. The first kappa shape index (κ1) is 18.6. The Labute approximate surface area is 170 Å². The van der Waals surface area contributed by atoms with Crippen molar-refractivity contribution in [3.05, 3.63) is 30.6 Å². The molecule has 5 rings (SSSR count). The van der Waals surface area contributed by atoms with Crippen molar-refractivity contribution in [1.29, 1.82) is 0 Å². The molecule has 0 amide bonds. The zero-order valence-electron chi connectivity index (χ0n) is 16.9. The van der Waals surface area contributed by atoms with E-state index in [1.165, 1.54) is 6.42 Å². The van der Waals surface area contributed by atoms with Crippen LogP contribution in [0.3, 0.4) is 0 Å². The summed E-state index contributed by atoms with van der Waals surface area (Å²) in [6.07, 6.45) is 9.06. The standard InChI is InChI=1S/C22H28N4O3/c1-16-8-12-27-9-4-11-28-18-6-7-20-19(13-18)22(17-14-23-25(16)15-17)24-26(20)21-5-2-3-10-29-21/h6-7,13-16,21H,2-5,8-12H2,1H3/t16-,21?/m0/s1. The van der Waals surface area contributed by atoms with E-state index in [1.807, 2.05) is 21.6 Å². The highest BCUT2D eigenvalue weighted by Gasteiger charge is 2.23. The summed E-state index contributed by atoms with van der Waals surface area (Å²) in [5.41, 5.74) is 3.03. The Kier molecular flexibility index (Phi) is 5.24. The Hall–Kier alpha value is -2.38. The molecular formula is C22H28N4O3. The van der Waals surface area contributed by atoms with Gasteiger partial charge in [0.1, 0.15) is 11.4 Å². The number of ether oxygens (including phenoxy) is 3. The average molecular weight is 396 g/mol. The first-order valence-electron chi connectivity index (χ1n) is 10.7. The van der Waals surface area contributed by atoms with E-state index in [-0.39, 0.29) is 12.3 Å². The van der Waals surface area contributed by atoms with Gasteiger partial charge in [-0.1, -0.05) is 0 Å². The van der Waals surface area contributed by atoms with Crippen LogP contribution in [-0.4, -0.2) is 46.0 Å². The predicted molar refractivity (Wildman–Crippen MR) is 110 cm³/mol. The number of fused-ring (bicyclic) bond motifs is 4. The van der Waals surface area contributed by atoms with Gasteiger partial charge in [-0.2, -0.15) is 10.2 Å². The van der Waals surface area contributed by atoms with Gasteiger partial charge in [-0.15, -0.1) is 0 Å².